The Morgan fingerprint density at radius 3 is 1.75 bits per heavy atom. The zero-order valence-electron chi connectivity index (χ0n) is 48.3. The van der Waals surface area contributed by atoms with Crippen molar-refractivity contribution in [3.05, 3.63) is 23.5 Å². The highest BCUT2D eigenvalue weighted by atomic mass is 16.8. The van der Waals surface area contributed by atoms with Crippen molar-refractivity contribution in [2.75, 3.05) is 26.4 Å². The van der Waals surface area contributed by atoms with Crippen molar-refractivity contribution in [3.8, 4) is 0 Å². The summed E-state index contributed by atoms with van der Waals surface area (Å²) < 4.78 is 66.8. The molecule has 0 spiro atoms. The molecule has 4 aliphatic carbocycles. The van der Waals surface area contributed by atoms with E-state index in [9.17, 15) is 81.7 Å². The van der Waals surface area contributed by atoms with E-state index >= 15 is 0 Å². The normalized spacial score (nSPS) is 54.9. The second-order valence-corrected chi connectivity index (χ2v) is 26.3. The Morgan fingerprint density at radius 2 is 1.11 bits per heavy atom. The lowest BCUT2D eigenvalue weighted by Gasteiger charge is -2.58. The molecule has 16 N–H and O–H groups in total. The van der Waals surface area contributed by atoms with Crippen LogP contribution in [-0.4, -0.2) is 279 Å². The summed E-state index contributed by atoms with van der Waals surface area (Å²) in [6.45, 7) is 9.28. The molecular weight excluding hydrogens is 1120 g/mol. The van der Waals surface area contributed by atoms with Crippen molar-refractivity contribution in [2.45, 2.75) is 264 Å². The third-order valence-electron chi connectivity index (χ3n) is 21.0. The van der Waals surface area contributed by atoms with Gasteiger partial charge < -0.3 is 134 Å². The van der Waals surface area contributed by atoms with Crippen LogP contribution in [0.15, 0.2) is 23.5 Å². The van der Waals surface area contributed by atoms with E-state index in [4.69, 9.17) is 52.1 Å². The first kappa shape index (κ1) is 65.2. The number of aliphatic hydroxyl groups excluding tert-OH is 15. The van der Waals surface area contributed by atoms with E-state index < -0.39 is 185 Å². The Kier molecular flexibility index (Phi) is 19.8. The van der Waals surface area contributed by atoms with Crippen LogP contribution in [0.4, 0.5) is 0 Å². The molecule has 27 nitrogen and oxygen atoms in total. The SMILES string of the molecule is CC(CC=C1OC2CC3C4CC=C5CC(OC6OC(CO)C(O)C(OC7OC(C)C(OC8OC(CO)C(O)C(O)C8O)C(O)C7O)C6OC6OC(C)C(O)C(O)C6O)CCC5(C)C4CCC3(C)C2C1(C)O)COC1OC(CO)C(O)C(O)C1O. The zero-order valence-corrected chi connectivity index (χ0v) is 48.3. The maximum Gasteiger partial charge on any atom is 0.187 e. The van der Waals surface area contributed by atoms with Crippen LogP contribution in [0, 0.1) is 40.4 Å². The molecule has 35 unspecified atom stereocenters. The van der Waals surface area contributed by atoms with Gasteiger partial charge in [0.25, 0.3) is 0 Å². The van der Waals surface area contributed by atoms with Crippen LogP contribution in [0.2, 0.25) is 0 Å². The van der Waals surface area contributed by atoms with E-state index in [2.05, 4.69) is 19.9 Å². The summed E-state index contributed by atoms with van der Waals surface area (Å²) >= 11 is 0. The molecule has 0 bridgehead atoms. The fourth-order valence-corrected chi connectivity index (χ4v) is 16.1. The lowest BCUT2D eigenvalue weighted by molar-refractivity contribution is -0.398. The molecule has 10 aliphatic rings. The second-order valence-electron chi connectivity index (χ2n) is 26.3. The summed E-state index contributed by atoms with van der Waals surface area (Å²) in [7, 11) is 0. The number of rotatable bonds is 16. The van der Waals surface area contributed by atoms with Crippen LogP contribution >= 0.6 is 0 Å². The number of aliphatic hydroxyl groups is 16. The molecule has 0 aromatic rings. The quantitative estimate of drug-likeness (QED) is 0.0651. The summed E-state index contributed by atoms with van der Waals surface area (Å²) in [5.74, 6) is 1.06. The monoisotopic (exact) mass is 1210 g/mol. The molecule has 84 heavy (non-hydrogen) atoms. The second kappa shape index (κ2) is 25.5. The molecule has 9 fully saturated rings. The van der Waals surface area contributed by atoms with Gasteiger partial charge in [0.2, 0.25) is 0 Å². The highest BCUT2D eigenvalue weighted by Crippen LogP contribution is 2.70. The first-order valence-corrected chi connectivity index (χ1v) is 30.0. The Labute approximate surface area is 487 Å². The average molecular weight is 1210 g/mol. The highest BCUT2D eigenvalue weighted by molar-refractivity contribution is 5.29. The molecule has 0 aromatic heterocycles. The topological polar surface area (TPSA) is 425 Å². The first-order valence-electron chi connectivity index (χ1n) is 30.0. The van der Waals surface area contributed by atoms with Crippen LogP contribution in [-0.2, 0) is 52.1 Å². The minimum absolute atomic E-state index is 0.118. The molecule has 6 aliphatic heterocycles. The average Bonchev–Trinajstić information content (AvgIpc) is 1.51. The maximum absolute atomic E-state index is 12.4. The van der Waals surface area contributed by atoms with Crippen LogP contribution in [0.3, 0.4) is 0 Å². The number of hydrogen-bond donors (Lipinski definition) is 16. The van der Waals surface area contributed by atoms with Gasteiger partial charge in [-0.3, -0.25) is 0 Å². The molecular formula is C57H92O27. The fraction of sp³-hybridized carbons (Fsp3) is 0.930. The summed E-state index contributed by atoms with van der Waals surface area (Å²) in [5.41, 5.74) is -0.539. The van der Waals surface area contributed by atoms with Crippen molar-refractivity contribution in [3.63, 3.8) is 0 Å². The van der Waals surface area contributed by atoms with Gasteiger partial charge in [0.05, 0.1) is 44.7 Å². The van der Waals surface area contributed by atoms with E-state index in [1.807, 2.05) is 19.9 Å². The van der Waals surface area contributed by atoms with Gasteiger partial charge in [0.1, 0.15) is 127 Å². The van der Waals surface area contributed by atoms with E-state index in [0.29, 0.717) is 43.3 Å². The van der Waals surface area contributed by atoms with Crippen molar-refractivity contribution in [2.24, 2.45) is 40.4 Å². The van der Waals surface area contributed by atoms with Crippen molar-refractivity contribution in [1.29, 1.82) is 0 Å². The summed E-state index contributed by atoms with van der Waals surface area (Å²) in [4.78, 5) is 0. The van der Waals surface area contributed by atoms with Gasteiger partial charge in [-0.25, -0.2) is 0 Å². The molecule has 0 amide bonds. The van der Waals surface area contributed by atoms with Gasteiger partial charge in [-0.05, 0) is 113 Å². The lowest BCUT2D eigenvalue weighted by atomic mass is 9.46. The smallest absolute Gasteiger partial charge is 0.187 e. The number of ether oxygens (including phenoxy) is 11. The van der Waals surface area contributed by atoms with E-state index in [0.717, 1.165) is 25.7 Å². The molecule has 0 aromatic carbocycles. The van der Waals surface area contributed by atoms with E-state index in [1.54, 1.807) is 0 Å². The van der Waals surface area contributed by atoms with Gasteiger partial charge in [-0.15, -0.1) is 0 Å². The Morgan fingerprint density at radius 1 is 0.571 bits per heavy atom. The van der Waals surface area contributed by atoms with Crippen molar-refractivity contribution < 1.29 is 134 Å². The number of fused-ring (bicyclic) bond motifs is 7. The standard InChI is InChI=1S/C57H92O27/c1-21(20-74-50-42(69)39(66)35(62)30(17-58)79-50)7-10-33-57(6,73)49-29(78-33)16-28-26-9-8-24-15-25(11-13-55(24,4)27(26)12-14-56(28,49)5)77-54-48(84-51-43(70)38(65)34(61)22(2)75-51)47(37(64)32(19-60)81-54)83-52-45(72)41(68)46(23(3)76-52)82-53-44(71)40(67)36(63)31(18-59)80-53/h8,10,21-23,25-32,34-54,58-73H,7,9,11-20H2,1-6H3. The predicted octanol–water partition coefficient (Wildman–Crippen LogP) is -4.24. The molecule has 6 saturated heterocycles. The Bertz CT molecular complexity index is 2280. The molecule has 27 heteroatoms. The van der Waals surface area contributed by atoms with Crippen molar-refractivity contribution >= 4 is 0 Å². The Balaban J connectivity index is 0.816. The van der Waals surface area contributed by atoms with Gasteiger partial charge >= 0.3 is 0 Å². The Hall–Kier alpha value is -1.76. The lowest BCUT2D eigenvalue weighted by Crippen LogP contribution is -2.67. The molecule has 0 radical (unpaired) electrons. The number of allylic oxidation sites excluding steroid dienone is 2. The summed E-state index contributed by atoms with van der Waals surface area (Å²) in [6.07, 6.45) is -30.3. The fourth-order valence-electron chi connectivity index (χ4n) is 16.1. The van der Waals surface area contributed by atoms with Crippen LogP contribution in [0.1, 0.15) is 92.9 Å². The third-order valence-corrected chi connectivity index (χ3v) is 21.0. The molecule has 10 rings (SSSR count). The van der Waals surface area contributed by atoms with Gasteiger partial charge in [0, 0.05) is 5.92 Å². The van der Waals surface area contributed by atoms with Crippen LogP contribution < -0.4 is 0 Å². The van der Waals surface area contributed by atoms with Crippen LogP contribution in [0.5, 0.6) is 0 Å². The minimum Gasteiger partial charge on any atom is -0.492 e. The predicted molar refractivity (Wildman–Crippen MR) is 281 cm³/mol. The minimum atomic E-state index is -1.97. The largest absolute Gasteiger partial charge is 0.492 e. The van der Waals surface area contributed by atoms with Crippen LogP contribution in [0.25, 0.3) is 0 Å². The summed E-state index contributed by atoms with van der Waals surface area (Å²) in [5, 5.41) is 172. The van der Waals surface area contributed by atoms with Gasteiger partial charge in [-0.2, -0.15) is 0 Å². The van der Waals surface area contributed by atoms with Gasteiger partial charge in [-0.1, -0.05) is 32.4 Å². The number of hydrogen-bond acceptors (Lipinski definition) is 27. The van der Waals surface area contributed by atoms with E-state index in [1.165, 1.54) is 19.4 Å². The highest BCUT2D eigenvalue weighted by Gasteiger charge is 2.69. The van der Waals surface area contributed by atoms with E-state index in [-0.39, 0.29) is 41.3 Å². The third kappa shape index (κ3) is 11.7. The van der Waals surface area contributed by atoms with Gasteiger partial charge in [0.15, 0.2) is 31.5 Å². The molecule has 482 valence electrons. The maximum atomic E-state index is 12.4. The first-order chi connectivity index (χ1) is 39.7. The molecule has 6 heterocycles. The molecule has 3 saturated carbocycles. The van der Waals surface area contributed by atoms with Crippen molar-refractivity contribution in [1.82, 2.24) is 0 Å². The molecule has 35 atom stereocenters. The zero-order chi connectivity index (χ0) is 60.8. The summed E-state index contributed by atoms with van der Waals surface area (Å²) in [6, 6.07) is 0.